The zero-order valence-corrected chi connectivity index (χ0v) is 14.6. The SMILES string of the molecule is CN(C)CCC1OCC(=O)C1NC(=O)CCC(C)(C)CC(N)=O. The maximum atomic E-state index is 12.1. The van der Waals surface area contributed by atoms with Crippen LogP contribution >= 0.6 is 0 Å². The molecule has 7 heteroatoms. The summed E-state index contributed by atoms with van der Waals surface area (Å²) in [6, 6.07) is -0.568. The highest BCUT2D eigenvalue weighted by atomic mass is 16.5. The van der Waals surface area contributed by atoms with Gasteiger partial charge in [-0.3, -0.25) is 14.4 Å². The predicted octanol–water partition coefficient (Wildman–Crippen LogP) is 0.0726. The number of nitrogens with zero attached hydrogens (tertiary/aromatic N) is 1. The molecule has 3 N–H and O–H groups in total. The fourth-order valence-corrected chi connectivity index (χ4v) is 2.65. The average molecular weight is 327 g/mol. The number of carbonyl (C=O) groups excluding carboxylic acids is 3. The smallest absolute Gasteiger partial charge is 0.220 e. The average Bonchev–Trinajstić information content (AvgIpc) is 2.74. The van der Waals surface area contributed by atoms with Gasteiger partial charge in [0, 0.05) is 19.4 Å². The van der Waals surface area contributed by atoms with E-state index in [4.69, 9.17) is 10.5 Å². The molecule has 2 atom stereocenters. The summed E-state index contributed by atoms with van der Waals surface area (Å²) in [6.45, 7) is 4.63. The van der Waals surface area contributed by atoms with E-state index in [1.165, 1.54) is 0 Å². The standard InChI is InChI=1S/C16H29N3O4/c1-16(2,9-13(17)21)7-5-14(22)18-15-11(20)10-23-12(15)6-8-19(3)4/h12,15H,5-10H2,1-4H3,(H2,17,21)(H,18,22). The Morgan fingerprint density at radius 1 is 1.39 bits per heavy atom. The lowest BCUT2D eigenvalue weighted by molar-refractivity contribution is -0.127. The van der Waals surface area contributed by atoms with E-state index in [0.717, 1.165) is 6.54 Å². The van der Waals surface area contributed by atoms with Gasteiger partial charge in [-0.15, -0.1) is 0 Å². The molecule has 1 aliphatic heterocycles. The molecule has 7 nitrogen and oxygen atoms in total. The second-order valence-corrected chi connectivity index (χ2v) is 7.26. The maximum absolute atomic E-state index is 12.1. The fourth-order valence-electron chi connectivity index (χ4n) is 2.65. The lowest BCUT2D eigenvalue weighted by Gasteiger charge is -2.24. The summed E-state index contributed by atoms with van der Waals surface area (Å²) in [7, 11) is 3.90. The molecule has 1 saturated heterocycles. The molecule has 0 aliphatic carbocycles. The summed E-state index contributed by atoms with van der Waals surface area (Å²) < 4.78 is 5.48. The van der Waals surface area contributed by atoms with Gasteiger partial charge in [0.25, 0.3) is 0 Å². The number of rotatable bonds is 9. The van der Waals surface area contributed by atoms with Crippen molar-refractivity contribution >= 4 is 17.6 Å². The van der Waals surface area contributed by atoms with Gasteiger partial charge in [0.05, 0.1) is 6.10 Å². The summed E-state index contributed by atoms with van der Waals surface area (Å²) in [6.07, 6.45) is 1.44. The largest absolute Gasteiger partial charge is 0.370 e. The second-order valence-electron chi connectivity index (χ2n) is 7.26. The van der Waals surface area contributed by atoms with Crippen LogP contribution in [-0.4, -0.2) is 61.9 Å². The van der Waals surface area contributed by atoms with Crippen LogP contribution in [0.2, 0.25) is 0 Å². The van der Waals surface area contributed by atoms with Crippen molar-refractivity contribution in [2.24, 2.45) is 11.1 Å². The number of nitrogens with two attached hydrogens (primary N) is 1. The molecule has 1 heterocycles. The number of nitrogens with one attached hydrogen (secondary N) is 1. The number of ketones is 1. The van der Waals surface area contributed by atoms with Crippen LogP contribution in [0.15, 0.2) is 0 Å². The lowest BCUT2D eigenvalue weighted by Crippen LogP contribution is -2.45. The van der Waals surface area contributed by atoms with Gasteiger partial charge in [-0.2, -0.15) is 0 Å². The molecule has 2 unspecified atom stereocenters. The van der Waals surface area contributed by atoms with Crippen LogP contribution in [-0.2, 0) is 19.1 Å². The number of ether oxygens (including phenoxy) is 1. The minimum atomic E-state index is -0.568. The van der Waals surface area contributed by atoms with Crippen molar-refractivity contribution in [3.63, 3.8) is 0 Å². The van der Waals surface area contributed by atoms with E-state index in [9.17, 15) is 14.4 Å². The van der Waals surface area contributed by atoms with Crippen molar-refractivity contribution < 1.29 is 19.1 Å². The van der Waals surface area contributed by atoms with Crippen LogP contribution in [0.4, 0.5) is 0 Å². The Morgan fingerprint density at radius 2 is 2.04 bits per heavy atom. The Labute approximate surface area is 137 Å². The third-order valence-electron chi connectivity index (χ3n) is 4.02. The third-order valence-corrected chi connectivity index (χ3v) is 4.02. The first-order valence-corrected chi connectivity index (χ1v) is 7.97. The summed E-state index contributed by atoms with van der Waals surface area (Å²) in [5, 5.41) is 2.78. The van der Waals surface area contributed by atoms with Crippen LogP contribution in [0.25, 0.3) is 0 Å². The van der Waals surface area contributed by atoms with E-state index in [1.54, 1.807) is 0 Å². The van der Waals surface area contributed by atoms with Crippen LogP contribution in [0.5, 0.6) is 0 Å². The van der Waals surface area contributed by atoms with Gasteiger partial charge in [0.1, 0.15) is 12.6 Å². The normalized spacial score (nSPS) is 21.7. The molecule has 2 amide bonds. The number of hydrogen-bond donors (Lipinski definition) is 2. The number of Topliss-reactive ketones (excluding diaryl/α,β-unsaturated/α-hetero) is 1. The van der Waals surface area contributed by atoms with Crippen LogP contribution in [0.1, 0.15) is 39.5 Å². The maximum Gasteiger partial charge on any atom is 0.220 e. The van der Waals surface area contributed by atoms with E-state index in [1.807, 2.05) is 32.8 Å². The second kappa shape index (κ2) is 8.40. The van der Waals surface area contributed by atoms with E-state index < -0.39 is 6.04 Å². The van der Waals surface area contributed by atoms with Gasteiger partial charge in [-0.05, 0) is 32.4 Å². The Bertz CT molecular complexity index is 449. The van der Waals surface area contributed by atoms with Crippen LogP contribution in [0.3, 0.4) is 0 Å². The van der Waals surface area contributed by atoms with Crippen molar-refractivity contribution in [2.45, 2.75) is 51.7 Å². The van der Waals surface area contributed by atoms with Crippen molar-refractivity contribution in [1.29, 1.82) is 0 Å². The number of amides is 2. The van der Waals surface area contributed by atoms with Gasteiger partial charge in [0.2, 0.25) is 11.8 Å². The van der Waals surface area contributed by atoms with Gasteiger partial charge in [-0.1, -0.05) is 13.8 Å². The molecule has 1 fully saturated rings. The van der Waals surface area contributed by atoms with Crippen LogP contribution in [0, 0.1) is 5.41 Å². The first-order chi connectivity index (χ1) is 10.6. The summed E-state index contributed by atoms with van der Waals surface area (Å²) in [5.41, 5.74) is 4.88. The quantitative estimate of drug-likeness (QED) is 0.624. The van der Waals surface area contributed by atoms with Crippen LogP contribution < -0.4 is 11.1 Å². The molecular weight excluding hydrogens is 298 g/mol. The molecule has 0 aromatic heterocycles. The molecule has 1 rings (SSSR count). The van der Waals surface area contributed by atoms with E-state index in [2.05, 4.69) is 5.32 Å². The highest BCUT2D eigenvalue weighted by Crippen LogP contribution is 2.26. The molecule has 0 saturated carbocycles. The van der Waals surface area contributed by atoms with Gasteiger partial charge in [-0.25, -0.2) is 0 Å². The molecule has 0 aromatic carbocycles. The molecule has 0 spiro atoms. The Hall–Kier alpha value is -1.47. The summed E-state index contributed by atoms with van der Waals surface area (Å²) >= 11 is 0. The number of carbonyl (C=O) groups is 3. The molecule has 0 aromatic rings. The minimum absolute atomic E-state index is 0.0518. The molecule has 132 valence electrons. The van der Waals surface area contributed by atoms with E-state index >= 15 is 0 Å². The highest BCUT2D eigenvalue weighted by molar-refractivity contribution is 5.91. The first-order valence-electron chi connectivity index (χ1n) is 7.97. The number of primary amides is 1. The Morgan fingerprint density at radius 3 is 2.61 bits per heavy atom. The van der Waals surface area contributed by atoms with Gasteiger partial charge < -0.3 is 20.7 Å². The first kappa shape index (κ1) is 19.6. The fraction of sp³-hybridized carbons (Fsp3) is 0.812. The predicted molar refractivity (Wildman–Crippen MR) is 86.7 cm³/mol. The molecule has 0 radical (unpaired) electrons. The zero-order valence-electron chi connectivity index (χ0n) is 14.6. The minimum Gasteiger partial charge on any atom is -0.370 e. The van der Waals surface area contributed by atoms with Gasteiger partial charge >= 0.3 is 0 Å². The topological polar surface area (TPSA) is 102 Å². The van der Waals surface area contributed by atoms with Gasteiger partial charge in [0.15, 0.2) is 5.78 Å². The van der Waals surface area contributed by atoms with E-state index in [0.29, 0.717) is 12.8 Å². The monoisotopic (exact) mass is 327 g/mol. The lowest BCUT2D eigenvalue weighted by atomic mass is 9.84. The Kier molecular flexibility index (Phi) is 7.15. The molecular formula is C16H29N3O4. The van der Waals surface area contributed by atoms with Crippen molar-refractivity contribution in [1.82, 2.24) is 10.2 Å². The molecule has 0 bridgehead atoms. The summed E-state index contributed by atoms with van der Waals surface area (Å²) in [5.74, 6) is -0.654. The zero-order chi connectivity index (χ0) is 17.6. The van der Waals surface area contributed by atoms with Crippen molar-refractivity contribution in [3.05, 3.63) is 0 Å². The van der Waals surface area contributed by atoms with E-state index in [-0.39, 0.29) is 48.6 Å². The highest BCUT2D eigenvalue weighted by Gasteiger charge is 2.36. The molecule has 23 heavy (non-hydrogen) atoms. The Balaban J connectivity index is 2.47. The number of hydrogen-bond acceptors (Lipinski definition) is 5. The third kappa shape index (κ3) is 7.09. The van der Waals surface area contributed by atoms with Crippen molar-refractivity contribution in [3.8, 4) is 0 Å². The molecule has 1 aliphatic rings. The van der Waals surface area contributed by atoms with Crippen molar-refractivity contribution in [2.75, 3.05) is 27.2 Å². The summed E-state index contributed by atoms with van der Waals surface area (Å²) in [4.78, 5) is 37.0.